The first-order valence-corrected chi connectivity index (χ1v) is 10.6. The van der Waals surface area contributed by atoms with Crippen LogP contribution >= 0.6 is 11.3 Å². The number of likely N-dealkylation sites (tertiary alicyclic amines) is 2. The Morgan fingerprint density at radius 1 is 1.14 bits per heavy atom. The zero-order valence-electron chi connectivity index (χ0n) is 16.6. The molecule has 2 atom stereocenters. The number of aromatic amines is 1. The van der Waals surface area contributed by atoms with Crippen molar-refractivity contribution < 1.29 is 9.59 Å². The molecule has 4 rings (SSSR count). The highest BCUT2D eigenvalue weighted by atomic mass is 32.1. The van der Waals surface area contributed by atoms with E-state index in [1.807, 2.05) is 30.6 Å². The van der Waals surface area contributed by atoms with Crippen LogP contribution in [0.15, 0.2) is 0 Å². The Hall–Kier alpha value is -2.29. The molecule has 4 heterocycles. The molecule has 0 bridgehead atoms. The summed E-state index contributed by atoms with van der Waals surface area (Å²) < 4.78 is 0. The lowest BCUT2D eigenvalue weighted by Crippen LogP contribution is -2.49. The maximum Gasteiger partial charge on any atom is 0.230 e. The van der Waals surface area contributed by atoms with Gasteiger partial charge < -0.3 is 9.80 Å². The fourth-order valence-corrected chi connectivity index (χ4v) is 5.31. The van der Waals surface area contributed by atoms with Gasteiger partial charge in [0.2, 0.25) is 11.8 Å². The van der Waals surface area contributed by atoms with Crippen molar-refractivity contribution in [3.05, 3.63) is 27.2 Å². The predicted molar refractivity (Wildman–Crippen MR) is 105 cm³/mol. The summed E-state index contributed by atoms with van der Waals surface area (Å²) in [5.74, 6) is 1.79. The third kappa shape index (κ3) is 3.80. The van der Waals surface area contributed by atoms with Crippen molar-refractivity contribution in [2.75, 3.05) is 19.6 Å². The van der Waals surface area contributed by atoms with Gasteiger partial charge in [0.25, 0.3) is 0 Å². The summed E-state index contributed by atoms with van der Waals surface area (Å²) >= 11 is 1.60. The van der Waals surface area contributed by atoms with Crippen LogP contribution in [0.1, 0.15) is 40.1 Å². The van der Waals surface area contributed by atoms with Crippen LogP contribution in [-0.2, 0) is 22.4 Å². The number of H-pyrrole nitrogens is 1. The van der Waals surface area contributed by atoms with Crippen molar-refractivity contribution in [1.82, 2.24) is 30.0 Å². The van der Waals surface area contributed by atoms with Gasteiger partial charge in [0, 0.05) is 24.5 Å². The van der Waals surface area contributed by atoms with E-state index in [9.17, 15) is 9.59 Å². The number of piperidine rings is 1. The SMILES string of the molecule is Cc1nc(CC(=O)N2C[C@@H]3CCCN(C(=O)Cc4sc(C)nc4C)[C@@H]3C2)n[nH]1. The molecule has 150 valence electrons. The van der Waals surface area contributed by atoms with E-state index < -0.39 is 0 Å². The van der Waals surface area contributed by atoms with Crippen molar-refractivity contribution in [1.29, 1.82) is 0 Å². The summed E-state index contributed by atoms with van der Waals surface area (Å²) in [6, 6.07) is 0.119. The van der Waals surface area contributed by atoms with Gasteiger partial charge in [0.1, 0.15) is 5.82 Å². The average molecular weight is 403 g/mol. The molecule has 0 radical (unpaired) electrons. The van der Waals surface area contributed by atoms with Gasteiger partial charge in [0.15, 0.2) is 5.82 Å². The molecule has 0 unspecified atom stereocenters. The number of thiazole rings is 1. The lowest BCUT2D eigenvalue weighted by molar-refractivity contribution is -0.135. The van der Waals surface area contributed by atoms with E-state index in [-0.39, 0.29) is 24.3 Å². The summed E-state index contributed by atoms with van der Waals surface area (Å²) in [5.41, 5.74) is 0.953. The second kappa shape index (κ2) is 7.62. The number of rotatable bonds is 4. The summed E-state index contributed by atoms with van der Waals surface area (Å²) in [6.45, 7) is 7.86. The van der Waals surface area contributed by atoms with E-state index in [4.69, 9.17) is 0 Å². The largest absolute Gasteiger partial charge is 0.340 e. The van der Waals surface area contributed by atoms with Crippen LogP contribution in [0.5, 0.6) is 0 Å². The summed E-state index contributed by atoms with van der Waals surface area (Å²) in [7, 11) is 0. The second-order valence-corrected chi connectivity index (χ2v) is 9.08. The van der Waals surface area contributed by atoms with Gasteiger partial charge in [-0.1, -0.05) is 0 Å². The highest BCUT2D eigenvalue weighted by Crippen LogP contribution is 2.32. The van der Waals surface area contributed by atoms with Gasteiger partial charge in [-0.25, -0.2) is 9.97 Å². The smallest absolute Gasteiger partial charge is 0.230 e. The lowest BCUT2D eigenvalue weighted by Gasteiger charge is -2.36. The number of aryl methyl sites for hydroxylation is 3. The second-order valence-electron chi connectivity index (χ2n) is 7.79. The Bertz CT molecular complexity index is 891. The number of amides is 2. The van der Waals surface area contributed by atoms with Gasteiger partial charge in [0.05, 0.1) is 29.6 Å². The van der Waals surface area contributed by atoms with Gasteiger partial charge in [-0.3, -0.25) is 14.7 Å². The summed E-state index contributed by atoms with van der Waals surface area (Å²) in [5, 5.41) is 7.84. The number of nitrogens with zero attached hydrogens (tertiary/aromatic N) is 5. The van der Waals surface area contributed by atoms with E-state index in [0.29, 0.717) is 30.5 Å². The van der Waals surface area contributed by atoms with E-state index in [1.165, 1.54) is 0 Å². The molecule has 2 saturated heterocycles. The third-order valence-electron chi connectivity index (χ3n) is 5.72. The number of hydrogen-bond donors (Lipinski definition) is 1. The van der Waals surface area contributed by atoms with E-state index in [0.717, 1.165) is 41.5 Å². The molecule has 0 aliphatic carbocycles. The topological polar surface area (TPSA) is 95.1 Å². The molecule has 2 amide bonds. The van der Waals surface area contributed by atoms with Crippen LogP contribution < -0.4 is 0 Å². The minimum absolute atomic E-state index is 0.0368. The molecule has 28 heavy (non-hydrogen) atoms. The molecule has 0 saturated carbocycles. The van der Waals surface area contributed by atoms with Gasteiger partial charge in [-0.05, 0) is 39.5 Å². The van der Waals surface area contributed by atoms with E-state index in [1.54, 1.807) is 11.3 Å². The highest BCUT2D eigenvalue weighted by Gasteiger charge is 2.42. The number of carbonyl (C=O) groups is 2. The van der Waals surface area contributed by atoms with Crippen molar-refractivity contribution in [2.45, 2.75) is 52.5 Å². The first-order valence-electron chi connectivity index (χ1n) is 9.78. The van der Waals surface area contributed by atoms with Crippen LogP contribution in [0.25, 0.3) is 0 Å². The van der Waals surface area contributed by atoms with E-state index >= 15 is 0 Å². The Morgan fingerprint density at radius 2 is 1.96 bits per heavy atom. The number of aromatic nitrogens is 4. The van der Waals surface area contributed by atoms with Gasteiger partial charge in [-0.15, -0.1) is 11.3 Å². The number of nitrogens with one attached hydrogen (secondary N) is 1. The minimum atomic E-state index is 0.0368. The van der Waals surface area contributed by atoms with Gasteiger partial charge in [-0.2, -0.15) is 5.10 Å². The molecule has 9 heteroatoms. The van der Waals surface area contributed by atoms with Crippen molar-refractivity contribution >= 4 is 23.2 Å². The molecule has 2 aliphatic heterocycles. The standard InChI is InChI=1S/C19H26N6O2S/c1-11-16(28-13(3)20-11)7-19(27)25-6-4-5-14-9-24(10-15(14)25)18(26)8-17-21-12(2)22-23-17/h14-15H,4-10H2,1-3H3,(H,21,22,23)/t14-,15+/m0/s1. The monoisotopic (exact) mass is 402 g/mol. The average Bonchev–Trinajstić information content (AvgIpc) is 3.33. The molecule has 2 aromatic rings. The maximum atomic E-state index is 13.0. The van der Waals surface area contributed by atoms with Crippen LogP contribution in [0, 0.1) is 26.7 Å². The molecule has 1 N–H and O–H groups in total. The first-order chi connectivity index (χ1) is 13.4. The molecule has 2 aliphatic rings. The number of fused-ring (bicyclic) bond motifs is 1. The highest BCUT2D eigenvalue weighted by molar-refractivity contribution is 7.11. The van der Waals surface area contributed by atoms with Crippen molar-refractivity contribution in [3.63, 3.8) is 0 Å². The molecule has 2 fully saturated rings. The van der Waals surface area contributed by atoms with Crippen molar-refractivity contribution in [2.24, 2.45) is 5.92 Å². The quantitative estimate of drug-likeness (QED) is 0.835. The summed E-state index contributed by atoms with van der Waals surface area (Å²) in [6.07, 6.45) is 2.68. The zero-order chi connectivity index (χ0) is 19.8. The lowest BCUT2D eigenvalue weighted by atomic mass is 9.92. The number of hydrogen-bond acceptors (Lipinski definition) is 6. The van der Waals surface area contributed by atoms with Crippen LogP contribution in [0.4, 0.5) is 0 Å². The maximum absolute atomic E-state index is 13.0. The van der Waals surface area contributed by atoms with Crippen molar-refractivity contribution in [3.8, 4) is 0 Å². The van der Waals surface area contributed by atoms with Gasteiger partial charge >= 0.3 is 0 Å². The van der Waals surface area contributed by atoms with Crippen LogP contribution in [0.2, 0.25) is 0 Å². The Morgan fingerprint density at radius 3 is 2.64 bits per heavy atom. The number of carbonyl (C=O) groups excluding carboxylic acids is 2. The molecule has 8 nitrogen and oxygen atoms in total. The Labute approximate surface area is 168 Å². The normalized spacial score (nSPS) is 21.8. The van der Waals surface area contributed by atoms with Crippen LogP contribution in [-0.4, -0.2) is 67.5 Å². The fraction of sp³-hybridized carbons (Fsp3) is 0.632. The zero-order valence-corrected chi connectivity index (χ0v) is 17.4. The fourth-order valence-electron chi connectivity index (χ4n) is 4.39. The minimum Gasteiger partial charge on any atom is -0.340 e. The molecular formula is C19H26N6O2S. The molecule has 0 aromatic carbocycles. The summed E-state index contributed by atoms with van der Waals surface area (Å²) in [4.78, 5) is 39.3. The molecule has 2 aromatic heterocycles. The predicted octanol–water partition coefficient (Wildman–Crippen LogP) is 1.42. The van der Waals surface area contributed by atoms with E-state index in [2.05, 4.69) is 20.2 Å². The first kappa shape index (κ1) is 19.0. The Kier molecular flexibility index (Phi) is 5.18. The Balaban J connectivity index is 1.41. The molecular weight excluding hydrogens is 376 g/mol. The molecule has 0 spiro atoms. The van der Waals surface area contributed by atoms with Crippen LogP contribution in [0.3, 0.4) is 0 Å². The third-order valence-corrected chi connectivity index (χ3v) is 6.79.